The molecule has 0 unspecified atom stereocenters. The van der Waals surface area contributed by atoms with Gasteiger partial charge >= 0.3 is 5.97 Å². The molecule has 0 spiro atoms. The van der Waals surface area contributed by atoms with E-state index in [1.54, 1.807) is 0 Å². The molecule has 4 nitrogen and oxygen atoms in total. The summed E-state index contributed by atoms with van der Waals surface area (Å²) in [5, 5.41) is 9.36. The number of carboxylic acid groups (broad SMARTS) is 1. The van der Waals surface area contributed by atoms with Crippen molar-refractivity contribution in [2.45, 2.75) is 18.4 Å². The van der Waals surface area contributed by atoms with Gasteiger partial charge in [0.15, 0.2) is 0 Å². The van der Waals surface area contributed by atoms with Gasteiger partial charge in [-0.15, -0.1) is 11.3 Å². The van der Waals surface area contributed by atoms with Crippen LogP contribution in [0.4, 0.5) is 0 Å². The quantitative estimate of drug-likeness (QED) is 0.712. The Bertz CT molecular complexity index is 330. The highest BCUT2D eigenvalue weighted by molar-refractivity contribution is 7.13. The SMILES string of the molecule is NC1(c2ncc(C(=O)O)s2)CC1. The zero-order valence-corrected chi connectivity index (χ0v) is 7.10. The van der Waals surface area contributed by atoms with E-state index in [0.29, 0.717) is 0 Å². The maximum atomic E-state index is 10.5. The van der Waals surface area contributed by atoms with Gasteiger partial charge in [-0.05, 0) is 12.8 Å². The van der Waals surface area contributed by atoms with E-state index in [0.717, 1.165) is 17.8 Å². The molecule has 0 radical (unpaired) electrons. The lowest BCUT2D eigenvalue weighted by atomic mass is 10.3. The fourth-order valence-corrected chi connectivity index (χ4v) is 1.87. The van der Waals surface area contributed by atoms with Crippen molar-refractivity contribution in [3.8, 4) is 0 Å². The number of aromatic carboxylic acids is 1. The number of thiazole rings is 1. The number of hydrogen-bond acceptors (Lipinski definition) is 4. The van der Waals surface area contributed by atoms with Crippen LogP contribution in [0, 0.1) is 0 Å². The molecule has 0 amide bonds. The van der Waals surface area contributed by atoms with Crippen molar-refractivity contribution in [2.75, 3.05) is 0 Å². The molecule has 1 heterocycles. The van der Waals surface area contributed by atoms with Crippen LogP contribution in [-0.2, 0) is 5.54 Å². The predicted octanol–water partition coefficient (Wildman–Crippen LogP) is 0.789. The summed E-state index contributed by atoms with van der Waals surface area (Å²) in [6, 6.07) is 0. The molecule has 12 heavy (non-hydrogen) atoms. The average Bonchev–Trinajstić information content (AvgIpc) is 2.61. The maximum Gasteiger partial charge on any atom is 0.347 e. The molecule has 1 aliphatic carbocycles. The molecular weight excluding hydrogens is 176 g/mol. The molecule has 0 aromatic carbocycles. The van der Waals surface area contributed by atoms with Crippen LogP contribution < -0.4 is 5.73 Å². The van der Waals surface area contributed by atoms with E-state index in [4.69, 9.17) is 10.8 Å². The maximum absolute atomic E-state index is 10.5. The molecule has 64 valence electrons. The monoisotopic (exact) mass is 184 g/mol. The van der Waals surface area contributed by atoms with Crippen LogP contribution in [0.2, 0.25) is 0 Å². The summed E-state index contributed by atoms with van der Waals surface area (Å²) in [6.07, 6.45) is 3.20. The van der Waals surface area contributed by atoms with Gasteiger partial charge in [-0.1, -0.05) is 0 Å². The summed E-state index contributed by atoms with van der Waals surface area (Å²) in [4.78, 5) is 14.7. The number of nitrogens with zero attached hydrogens (tertiary/aromatic N) is 1. The smallest absolute Gasteiger partial charge is 0.347 e. The van der Waals surface area contributed by atoms with Crippen LogP contribution >= 0.6 is 11.3 Å². The Morgan fingerprint density at radius 2 is 2.42 bits per heavy atom. The van der Waals surface area contributed by atoms with Crippen molar-refractivity contribution >= 4 is 17.3 Å². The average molecular weight is 184 g/mol. The fourth-order valence-electron chi connectivity index (χ4n) is 0.952. The van der Waals surface area contributed by atoms with Crippen LogP contribution in [0.1, 0.15) is 27.5 Å². The van der Waals surface area contributed by atoms with Crippen LogP contribution in [0.25, 0.3) is 0 Å². The Morgan fingerprint density at radius 3 is 2.83 bits per heavy atom. The molecule has 5 heteroatoms. The van der Waals surface area contributed by atoms with Gasteiger partial charge in [-0.25, -0.2) is 9.78 Å². The summed E-state index contributed by atoms with van der Waals surface area (Å²) in [6.45, 7) is 0. The van der Waals surface area contributed by atoms with Gasteiger partial charge in [0, 0.05) is 0 Å². The minimum Gasteiger partial charge on any atom is -0.477 e. The first kappa shape index (κ1) is 7.70. The zero-order chi connectivity index (χ0) is 8.77. The van der Waals surface area contributed by atoms with Crippen molar-refractivity contribution in [3.63, 3.8) is 0 Å². The highest BCUT2D eigenvalue weighted by Gasteiger charge is 2.43. The molecule has 0 bridgehead atoms. The van der Waals surface area contributed by atoms with E-state index < -0.39 is 5.97 Å². The number of carbonyl (C=O) groups is 1. The van der Waals surface area contributed by atoms with Crippen LogP contribution in [0.15, 0.2) is 6.20 Å². The van der Waals surface area contributed by atoms with Gasteiger partial charge < -0.3 is 10.8 Å². The zero-order valence-electron chi connectivity index (χ0n) is 6.28. The van der Waals surface area contributed by atoms with E-state index in [2.05, 4.69) is 4.98 Å². The molecule has 1 fully saturated rings. The first-order valence-electron chi connectivity index (χ1n) is 3.60. The van der Waals surface area contributed by atoms with Gasteiger partial charge in [-0.3, -0.25) is 0 Å². The minimum absolute atomic E-state index is 0.265. The van der Waals surface area contributed by atoms with Crippen LogP contribution in [0.3, 0.4) is 0 Å². The minimum atomic E-state index is -0.928. The third-order valence-electron chi connectivity index (χ3n) is 1.93. The molecule has 0 atom stereocenters. The third kappa shape index (κ3) is 1.11. The van der Waals surface area contributed by atoms with Crippen molar-refractivity contribution in [1.82, 2.24) is 4.98 Å². The normalized spacial score (nSPS) is 19.1. The Hall–Kier alpha value is -0.940. The molecule has 0 aliphatic heterocycles. The molecule has 1 saturated carbocycles. The second-order valence-corrected chi connectivity index (χ2v) is 4.02. The highest BCUT2D eigenvalue weighted by atomic mass is 32.1. The Labute approximate surface area is 73.0 Å². The van der Waals surface area contributed by atoms with Gasteiger partial charge in [-0.2, -0.15) is 0 Å². The van der Waals surface area contributed by atoms with E-state index in [9.17, 15) is 4.79 Å². The van der Waals surface area contributed by atoms with Crippen LogP contribution in [-0.4, -0.2) is 16.1 Å². The summed E-state index contributed by atoms with van der Waals surface area (Å²) >= 11 is 1.17. The second kappa shape index (κ2) is 2.27. The summed E-state index contributed by atoms with van der Waals surface area (Å²) in [5.74, 6) is -0.928. The molecule has 1 aliphatic rings. The topological polar surface area (TPSA) is 76.2 Å². The Balaban J connectivity index is 2.30. The number of carboxylic acids is 1. The number of aromatic nitrogens is 1. The number of rotatable bonds is 2. The third-order valence-corrected chi connectivity index (χ3v) is 3.14. The van der Waals surface area contributed by atoms with Gasteiger partial charge in [0.25, 0.3) is 0 Å². The van der Waals surface area contributed by atoms with E-state index in [-0.39, 0.29) is 10.4 Å². The predicted molar refractivity (Wildman–Crippen MR) is 44.2 cm³/mol. The lowest BCUT2D eigenvalue weighted by Gasteiger charge is -2.00. The Kier molecular flexibility index (Phi) is 1.46. The van der Waals surface area contributed by atoms with E-state index in [1.807, 2.05) is 0 Å². The first-order valence-corrected chi connectivity index (χ1v) is 4.42. The second-order valence-electron chi connectivity index (χ2n) is 2.99. The molecule has 2 rings (SSSR count). The lowest BCUT2D eigenvalue weighted by molar-refractivity contribution is 0.0702. The summed E-state index contributed by atoms with van der Waals surface area (Å²) < 4.78 is 0. The fraction of sp³-hybridized carbons (Fsp3) is 0.429. The van der Waals surface area contributed by atoms with Gasteiger partial charge in [0.1, 0.15) is 9.88 Å². The first-order chi connectivity index (χ1) is 5.62. The van der Waals surface area contributed by atoms with Gasteiger partial charge in [0.05, 0.1) is 11.7 Å². The molecular formula is C7H8N2O2S. The summed E-state index contributed by atoms with van der Waals surface area (Å²) in [7, 11) is 0. The largest absolute Gasteiger partial charge is 0.477 e. The van der Waals surface area contributed by atoms with Gasteiger partial charge in [0.2, 0.25) is 0 Å². The number of hydrogen-bond donors (Lipinski definition) is 2. The highest BCUT2D eigenvalue weighted by Crippen LogP contribution is 2.44. The van der Waals surface area contributed by atoms with Crippen LogP contribution in [0.5, 0.6) is 0 Å². The Morgan fingerprint density at radius 1 is 1.75 bits per heavy atom. The molecule has 0 saturated heterocycles. The molecule has 3 N–H and O–H groups in total. The standard InChI is InChI=1S/C7H8N2O2S/c8-7(1-2-7)6-9-3-4(12-6)5(10)11/h3H,1-2,8H2,(H,10,11). The van der Waals surface area contributed by atoms with E-state index in [1.165, 1.54) is 17.5 Å². The van der Waals surface area contributed by atoms with Crippen molar-refractivity contribution in [3.05, 3.63) is 16.1 Å². The molecule has 1 aromatic heterocycles. The molecule has 1 aromatic rings. The van der Waals surface area contributed by atoms with Crippen molar-refractivity contribution in [2.24, 2.45) is 5.73 Å². The van der Waals surface area contributed by atoms with Crippen molar-refractivity contribution in [1.29, 1.82) is 0 Å². The summed E-state index contributed by atoms with van der Waals surface area (Å²) in [5.41, 5.74) is 5.53. The van der Waals surface area contributed by atoms with Crippen molar-refractivity contribution < 1.29 is 9.90 Å². The van der Waals surface area contributed by atoms with E-state index >= 15 is 0 Å². The number of nitrogens with two attached hydrogens (primary N) is 1. The lowest BCUT2D eigenvalue weighted by Crippen LogP contribution is -2.17.